The third-order valence-electron chi connectivity index (χ3n) is 6.30. The van der Waals surface area contributed by atoms with Crippen molar-refractivity contribution in [2.24, 2.45) is 0 Å². The molecule has 34 heavy (non-hydrogen) atoms. The first-order valence-electron chi connectivity index (χ1n) is 11.6. The third kappa shape index (κ3) is 5.70. The predicted octanol–water partition coefficient (Wildman–Crippen LogP) is 5.51. The Labute approximate surface area is 203 Å². The fourth-order valence-corrected chi connectivity index (χ4v) is 4.87. The van der Waals surface area contributed by atoms with Crippen LogP contribution in [0, 0.1) is 0 Å². The zero-order valence-electron chi connectivity index (χ0n) is 21.7. The zero-order chi connectivity index (χ0) is 25.3. The number of phenolic OH excluding ortho intramolecular Hbond substituents is 1. The SMILES string of the molecule is C=C(O/C(C)=C\C)c1cc(O)c(-c2ccc(N(C)C3CC(C)(C)NC(C)(C)C3)nn2)c(OC)c1. The van der Waals surface area contributed by atoms with Crippen LogP contribution < -0.4 is 15.0 Å². The number of rotatable bonds is 7. The summed E-state index contributed by atoms with van der Waals surface area (Å²) in [6.07, 6.45) is 3.85. The molecule has 0 amide bonds. The van der Waals surface area contributed by atoms with Crippen molar-refractivity contribution in [2.45, 2.75) is 71.5 Å². The minimum Gasteiger partial charge on any atom is -0.507 e. The number of piperidine rings is 1. The number of aromatic hydroxyl groups is 1. The van der Waals surface area contributed by atoms with Gasteiger partial charge in [0.1, 0.15) is 23.0 Å². The van der Waals surface area contributed by atoms with E-state index in [4.69, 9.17) is 9.47 Å². The maximum absolute atomic E-state index is 10.8. The highest BCUT2D eigenvalue weighted by Gasteiger charge is 2.39. The number of anilines is 1. The summed E-state index contributed by atoms with van der Waals surface area (Å²) in [7, 11) is 3.62. The minimum absolute atomic E-state index is 0.0227. The van der Waals surface area contributed by atoms with Gasteiger partial charge in [-0.2, -0.15) is 0 Å². The van der Waals surface area contributed by atoms with Gasteiger partial charge in [-0.15, -0.1) is 10.2 Å². The maximum Gasteiger partial charge on any atom is 0.151 e. The molecule has 1 aliphatic heterocycles. The van der Waals surface area contributed by atoms with Crippen LogP contribution in [0.4, 0.5) is 5.82 Å². The normalized spacial score (nSPS) is 17.8. The minimum atomic E-state index is 0.0227. The third-order valence-corrected chi connectivity index (χ3v) is 6.30. The molecule has 184 valence electrons. The lowest BCUT2D eigenvalue weighted by atomic mass is 9.79. The van der Waals surface area contributed by atoms with Crippen LogP contribution in [-0.2, 0) is 4.74 Å². The molecule has 7 nitrogen and oxygen atoms in total. The molecule has 0 saturated carbocycles. The molecule has 0 unspecified atom stereocenters. The second-order valence-electron chi connectivity index (χ2n) is 10.3. The van der Waals surface area contributed by atoms with Crippen molar-refractivity contribution in [1.29, 1.82) is 0 Å². The van der Waals surface area contributed by atoms with Gasteiger partial charge in [-0.1, -0.05) is 6.58 Å². The van der Waals surface area contributed by atoms with Crippen LogP contribution in [-0.4, -0.2) is 46.6 Å². The molecule has 2 N–H and O–H groups in total. The molecule has 0 spiro atoms. The second kappa shape index (κ2) is 9.66. The number of benzene rings is 1. The van der Waals surface area contributed by atoms with E-state index in [0.717, 1.165) is 24.4 Å². The lowest BCUT2D eigenvalue weighted by Gasteiger charge is -2.49. The number of aromatic nitrogens is 2. The average molecular weight is 467 g/mol. The van der Waals surface area contributed by atoms with Crippen LogP contribution in [0.2, 0.25) is 0 Å². The Bertz CT molecular complexity index is 1060. The summed E-state index contributed by atoms with van der Waals surface area (Å²) in [6, 6.07) is 7.52. The number of nitrogens with one attached hydrogen (secondary N) is 1. The van der Waals surface area contributed by atoms with E-state index in [1.165, 1.54) is 0 Å². The van der Waals surface area contributed by atoms with Gasteiger partial charge in [0.15, 0.2) is 5.82 Å². The van der Waals surface area contributed by atoms with Crippen molar-refractivity contribution in [3.63, 3.8) is 0 Å². The monoisotopic (exact) mass is 466 g/mol. The summed E-state index contributed by atoms with van der Waals surface area (Å²) >= 11 is 0. The second-order valence-corrected chi connectivity index (χ2v) is 10.3. The predicted molar refractivity (Wildman–Crippen MR) is 138 cm³/mol. The number of hydrogen-bond acceptors (Lipinski definition) is 7. The highest BCUT2D eigenvalue weighted by atomic mass is 16.5. The first-order valence-corrected chi connectivity index (χ1v) is 11.6. The molecule has 0 atom stereocenters. The maximum atomic E-state index is 10.8. The highest BCUT2D eigenvalue weighted by Crippen LogP contribution is 2.40. The standard InChI is InChI=1S/C27H38N4O3/c1-10-17(2)34-18(3)19-13-22(32)25(23(14-19)33-9)21-11-12-24(29-28-21)31(8)20-15-26(4,5)30-27(6,7)16-20/h10-14,20,30,32H,3,15-16H2,1-2,4-9H3/b17-10-. The van der Waals surface area contributed by atoms with Gasteiger partial charge in [0.05, 0.1) is 18.4 Å². The summed E-state index contributed by atoms with van der Waals surface area (Å²) in [5, 5.41) is 23.5. The van der Waals surface area contributed by atoms with E-state index >= 15 is 0 Å². The van der Waals surface area contributed by atoms with E-state index in [1.54, 1.807) is 19.2 Å². The van der Waals surface area contributed by atoms with Crippen LogP contribution >= 0.6 is 0 Å². The van der Waals surface area contributed by atoms with E-state index in [9.17, 15) is 5.11 Å². The van der Waals surface area contributed by atoms with Crippen LogP contribution in [0.5, 0.6) is 11.5 Å². The van der Waals surface area contributed by atoms with Crippen molar-refractivity contribution >= 4 is 11.6 Å². The first-order chi connectivity index (χ1) is 15.9. The first kappa shape index (κ1) is 25.6. The van der Waals surface area contributed by atoms with Gasteiger partial charge in [0.25, 0.3) is 0 Å². The zero-order valence-corrected chi connectivity index (χ0v) is 21.7. The Balaban J connectivity index is 1.87. The molecule has 1 aliphatic rings. The number of nitrogens with zero attached hydrogens (tertiary/aromatic N) is 3. The molecule has 0 aliphatic carbocycles. The van der Waals surface area contributed by atoms with Gasteiger partial charge >= 0.3 is 0 Å². The van der Waals surface area contributed by atoms with Crippen LogP contribution in [0.1, 0.15) is 59.9 Å². The lowest BCUT2D eigenvalue weighted by molar-refractivity contribution is 0.160. The Morgan fingerprint density at radius 3 is 2.35 bits per heavy atom. The quantitative estimate of drug-likeness (QED) is 0.521. The highest BCUT2D eigenvalue weighted by molar-refractivity contribution is 5.78. The van der Waals surface area contributed by atoms with Crippen molar-refractivity contribution in [3.8, 4) is 22.8 Å². The Kier molecular flexibility index (Phi) is 7.26. The smallest absolute Gasteiger partial charge is 0.151 e. The molecule has 1 fully saturated rings. The average Bonchev–Trinajstić information content (AvgIpc) is 2.75. The summed E-state index contributed by atoms with van der Waals surface area (Å²) in [6.45, 7) is 16.6. The number of allylic oxidation sites excluding steroid dienone is 2. The van der Waals surface area contributed by atoms with Crippen LogP contribution in [0.15, 0.2) is 42.7 Å². The largest absolute Gasteiger partial charge is 0.507 e. The van der Waals surface area contributed by atoms with E-state index in [-0.39, 0.29) is 16.8 Å². The summed E-state index contributed by atoms with van der Waals surface area (Å²) in [4.78, 5) is 2.20. The molecular weight excluding hydrogens is 428 g/mol. The fraction of sp³-hybridized carbons (Fsp3) is 0.481. The van der Waals surface area contributed by atoms with E-state index < -0.39 is 0 Å². The number of methoxy groups -OCH3 is 1. The molecule has 7 heteroatoms. The van der Waals surface area contributed by atoms with E-state index in [0.29, 0.717) is 34.4 Å². The van der Waals surface area contributed by atoms with Gasteiger partial charge in [0.2, 0.25) is 0 Å². The molecule has 2 heterocycles. The Hall–Kier alpha value is -3.06. The van der Waals surface area contributed by atoms with Gasteiger partial charge in [-0.25, -0.2) is 0 Å². The summed E-state index contributed by atoms with van der Waals surface area (Å²) in [5.41, 5.74) is 1.70. The number of ether oxygens (including phenoxy) is 2. The summed E-state index contributed by atoms with van der Waals surface area (Å²) < 4.78 is 11.2. The van der Waals surface area contributed by atoms with Crippen LogP contribution in [0.25, 0.3) is 17.0 Å². The summed E-state index contributed by atoms with van der Waals surface area (Å²) in [5.74, 6) is 2.43. The van der Waals surface area contributed by atoms with Gasteiger partial charge < -0.3 is 24.8 Å². The van der Waals surface area contributed by atoms with E-state index in [1.807, 2.05) is 32.1 Å². The lowest BCUT2D eigenvalue weighted by Crippen LogP contribution is -2.62. The molecule has 3 rings (SSSR count). The fourth-order valence-electron chi connectivity index (χ4n) is 4.87. The van der Waals surface area contributed by atoms with Gasteiger partial charge in [-0.05, 0) is 84.7 Å². The van der Waals surface area contributed by atoms with Gasteiger partial charge in [0, 0.05) is 29.7 Å². The molecule has 2 aromatic rings. The van der Waals surface area contributed by atoms with Crippen molar-refractivity contribution in [1.82, 2.24) is 15.5 Å². The molecular formula is C27H38N4O3. The van der Waals surface area contributed by atoms with Crippen molar-refractivity contribution < 1.29 is 14.6 Å². The van der Waals surface area contributed by atoms with Crippen molar-refractivity contribution in [3.05, 3.63) is 48.2 Å². The van der Waals surface area contributed by atoms with Gasteiger partial charge in [-0.3, -0.25) is 0 Å². The molecule has 1 aromatic carbocycles. The topological polar surface area (TPSA) is 79.7 Å². The van der Waals surface area contributed by atoms with E-state index in [2.05, 4.69) is 61.7 Å². The van der Waals surface area contributed by atoms with Crippen LogP contribution in [0.3, 0.4) is 0 Å². The Morgan fingerprint density at radius 2 is 1.82 bits per heavy atom. The number of phenols is 1. The van der Waals surface area contributed by atoms with Crippen molar-refractivity contribution in [2.75, 3.05) is 19.1 Å². The Morgan fingerprint density at radius 1 is 1.18 bits per heavy atom. The molecule has 1 aromatic heterocycles. The molecule has 0 bridgehead atoms. The molecule has 1 saturated heterocycles. The number of hydrogen-bond donors (Lipinski definition) is 2. The molecule has 0 radical (unpaired) electrons.